The normalized spacial score (nSPS) is 14.4. The van der Waals surface area contributed by atoms with Crippen molar-refractivity contribution in [2.75, 3.05) is 4.90 Å². The lowest BCUT2D eigenvalue weighted by Crippen LogP contribution is -2.10. The quantitative estimate of drug-likeness (QED) is 0.168. The van der Waals surface area contributed by atoms with Crippen LogP contribution in [0.3, 0.4) is 0 Å². The molecule has 0 saturated carbocycles. The Bertz CT molecular complexity index is 2440. The van der Waals surface area contributed by atoms with Crippen LogP contribution in [-0.4, -0.2) is 4.57 Å². The van der Waals surface area contributed by atoms with Gasteiger partial charge in [-0.15, -0.1) is 0 Å². The van der Waals surface area contributed by atoms with Crippen LogP contribution in [0.15, 0.2) is 193 Å². The monoisotopic (exact) mass is 642 g/mol. The van der Waals surface area contributed by atoms with E-state index in [1.807, 2.05) is 0 Å². The number of allylic oxidation sites excluding steroid dienone is 8. The Hall–Kier alpha value is -6.12. The van der Waals surface area contributed by atoms with Crippen LogP contribution in [0.1, 0.15) is 25.7 Å². The molecule has 0 saturated heterocycles. The van der Waals surface area contributed by atoms with Crippen LogP contribution in [0.5, 0.6) is 0 Å². The van der Waals surface area contributed by atoms with Crippen molar-refractivity contribution in [1.29, 1.82) is 0 Å². The van der Waals surface area contributed by atoms with Crippen LogP contribution in [0.25, 0.3) is 49.8 Å². The van der Waals surface area contributed by atoms with Gasteiger partial charge in [0.1, 0.15) is 0 Å². The Morgan fingerprint density at radius 2 is 1.00 bits per heavy atom. The van der Waals surface area contributed by atoms with Crippen LogP contribution in [-0.2, 0) is 0 Å². The number of hydrogen-bond acceptors (Lipinski definition) is 1. The molecule has 2 aliphatic rings. The second kappa shape index (κ2) is 13.1. The summed E-state index contributed by atoms with van der Waals surface area (Å²) in [5.41, 5.74) is 15.1. The Kier molecular flexibility index (Phi) is 7.83. The third-order valence-corrected chi connectivity index (χ3v) is 10.2. The number of benzene rings is 6. The maximum atomic E-state index is 2.50. The lowest BCUT2D eigenvalue weighted by atomic mass is 9.90. The molecule has 0 N–H and O–H groups in total. The minimum absolute atomic E-state index is 1.01. The molecule has 50 heavy (non-hydrogen) atoms. The summed E-state index contributed by atoms with van der Waals surface area (Å²) < 4.78 is 2.50. The number of aromatic nitrogens is 1. The standard InChI is InChI=1S/C48H38N2/c1-4-12-35(13-5-1)37-20-22-38(23-21-37)40-24-28-42(29-25-40)49(41-16-8-3-9-17-41)44-32-33-46-45-18-10-11-19-47(45)50(48(46)34-44)43-30-26-39(27-31-43)36-14-6-2-7-15-36/h1-6,8-14,16-26,28-30,32-34H,7,15,27,31H2. The fourth-order valence-corrected chi connectivity index (χ4v) is 7.67. The zero-order valence-corrected chi connectivity index (χ0v) is 28.0. The number of hydrogen-bond donors (Lipinski definition) is 0. The molecule has 0 aliphatic heterocycles. The van der Waals surface area contributed by atoms with Crippen molar-refractivity contribution >= 4 is 44.6 Å². The molecular formula is C48H38N2. The summed E-state index contributed by atoms with van der Waals surface area (Å²) in [6.45, 7) is 0. The largest absolute Gasteiger partial charge is 0.313 e. The second-order valence-corrected chi connectivity index (χ2v) is 13.2. The van der Waals surface area contributed by atoms with Crippen molar-refractivity contribution in [3.63, 3.8) is 0 Å². The van der Waals surface area contributed by atoms with Crippen LogP contribution < -0.4 is 4.90 Å². The van der Waals surface area contributed by atoms with Gasteiger partial charge in [-0.2, -0.15) is 0 Å². The number of nitrogens with zero attached hydrogens (tertiary/aromatic N) is 2. The lowest BCUT2D eigenvalue weighted by Gasteiger charge is -2.26. The molecule has 7 aromatic rings. The summed E-state index contributed by atoms with van der Waals surface area (Å²) in [6, 6.07) is 54.9. The van der Waals surface area contributed by atoms with Crippen molar-refractivity contribution in [3.8, 4) is 22.3 Å². The van der Waals surface area contributed by atoms with Gasteiger partial charge >= 0.3 is 0 Å². The summed E-state index contributed by atoms with van der Waals surface area (Å²) in [4.78, 5) is 2.38. The molecule has 0 fully saturated rings. The molecule has 0 spiro atoms. The van der Waals surface area contributed by atoms with E-state index < -0.39 is 0 Å². The van der Waals surface area contributed by atoms with E-state index in [2.05, 4.69) is 192 Å². The van der Waals surface area contributed by atoms with E-state index in [1.54, 1.807) is 0 Å². The molecule has 9 rings (SSSR count). The molecule has 240 valence electrons. The number of para-hydroxylation sites is 2. The van der Waals surface area contributed by atoms with Crippen LogP contribution in [0, 0.1) is 0 Å². The number of rotatable bonds is 7. The van der Waals surface area contributed by atoms with Crippen molar-refractivity contribution in [3.05, 3.63) is 193 Å². The zero-order chi connectivity index (χ0) is 33.3. The number of anilines is 3. The van der Waals surface area contributed by atoms with Gasteiger partial charge in [0.25, 0.3) is 0 Å². The molecule has 1 aromatic heterocycles. The Balaban J connectivity index is 1.11. The van der Waals surface area contributed by atoms with E-state index in [0.717, 1.165) is 42.7 Å². The first-order valence-electron chi connectivity index (χ1n) is 17.7. The van der Waals surface area contributed by atoms with Crippen LogP contribution >= 0.6 is 0 Å². The summed E-state index contributed by atoms with van der Waals surface area (Å²) in [6.07, 6.45) is 15.9. The smallest absolute Gasteiger partial charge is 0.0558 e. The first-order valence-corrected chi connectivity index (χ1v) is 17.7. The molecule has 6 aromatic carbocycles. The van der Waals surface area contributed by atoms with Crippen LogP contribution in [0.4, 0.5) is 17.1 Å². The molecule has 0 amide bonds. The average molecular weight is 643 g/mol. The van der Waals surface area contributed by atoms with Crippen molar-refractivity contribution < 1.29 is 0 Å². The van der Waals surface area contributed by atoms with Gasteiger partial charge < -0.3 is 9.47 Å². The van der Waals surface area contributed by atoms with Gasteiger partial charge in [0.05, 0.1) is 11.0 Å². The van der Waals surface area contributed by atoms with Gasteiger partial charge in [-0.1, -0.05) is 133 Å². The molecule has 2 heteroatoms. The SMILES string of the molecule is C1=CCCC(C2=CC=C(n3c4ccccc4c4ccc(N(c5ccccc5)c5ccc(-c6ccc(-c7ccccc7)cc6)cc5)cc43)CC2)=C1. The summed E-state index contributed by atoms with van der Waals surface area (Å²) in [5.74, 6) is 0. The predicted octanol–water partition coefficient (Wildman–Crippen LogP) is 13.4. The Morgan fingerprint density at radius 3 is 1.68 bits per heavy atom. The van der Waals surface area contributed by atoms with E-state index in [9.17, 15) is 0 Å². The minimum atomic E-state index is 1.01. The maximum Gasteiger partial charge on any atom is 0.0558 e. The summed E-state index contributed by atoms with van der Waals surface area (Å²) in [5, 5.41) is 2.57. The van der Waals surface area contributed by atoms with Crippen molar-refractivity contribution in [2.24, 2.45) is 0 Å². The Labute approximate surface area is 294 Å². The van der Waals surface area contributed by atoms with E-state index in [-0.39, 0.29) is 0 Å². The molecule has 1 heterocycles. The first-order chi connectivity index (χ1) is 24.8. The van der Waals surface area contributed by atoms with E-state index in [0.29, 0.717) is 0 Å². The summed E-state index contributed by atoms with van der Waals surface area (Å²) in [7, 11) is 0. The lowest BCUT2D eigenvalue weighted by molar-refractivity contribution is 0.885. The molecular weight excluding hydrogens is 605 g/mol. The highest BCUT2D eigenvalue weighted by atomic mass is 15.1. The number of fused-ring (bicyclic) bond motifs is 3. The molecule has 0 radical (unpaired) electrons. The first kappa shape index (κ1) is 30.0. The van der Waals surface area contributed by atoms with Gasteiger partial charge in [0, 0.05) is 33.5 Å². The van der Waals surface area contributed by atoms with E-state index in [1.165, 1.54) is 60.9 Å². The predicted molar refractivity (Wildman–Crippen MR) is 213 cm³/mol. The third kappa shape index (κ3) is 5.59. The topological polar surface area (TPSA) is 8.17 Å². The highest BCUT2D eigenvalue weighted by Gasteiger charge is 2.20. The van der Waals surface area contributed by atoms with Gasteiger partial charge in [0.2, 0.25) is 0 Å². The molecule has 2 aliphatic carbocycles. The molecule has 0 atom stereocenters. The fourth-order valence-electron chi connectivity index (χ4n) is 7.67. The van der Waals surface area contributed by atoms with Gasteiger partial charge in [-0.3, -0.25) is 0 Å². The van der Waals surface area contributed by atoms with E-state index in [4.69, 9.17) is 0 Å². The average Bonchev–Trinajstić information content (AvgIpc) is 3.53. The van der Waals surface area contributed by atoms with E-state index >= 15 is 0 Å². The van der Waals surface area contributed by atoms with Gasteiger partial charge in [-0.25, -0.2) is 0 Å². The molecule has 0 bridgehead atoms. The van der Waals surface area contributed by atoms with Crippen LogP contribution in [0.2, 0.25) is 0 Å². The second-order valence-electron chi connectivity index (χ2n) is 13.2. The highest BCUT2D eigenvalue weighted by Crippen LogP contribution is 2.41. The zero-order valence-electron chi connectivity index (χ0n) is 28.0. The highest BCUT2D eigenvalue weighted by molar-refractivity contribution is 6.11. The van der Waals surface area contributed by atoms with Crippen molar-refractivity contribution in [1.82, 2.24) is 4.57 Å². The fraction of sp³-hybridized carbons (Fsp3) is 0.0833. The maximum absolute atomic E-state index is 2.50. The molecule has 0 unspecified atom stereocenters. The Morgan fingerprint density at radius 1 is 0.420 bits per heavy atom. The third-order valence-electron chi connectivity index (χ3n) is 10.2. The molecule has 2 nitrogen and oxygen atoms in total. The van der Waals surface area contributed by atoms with Gasteiger partial charge in [-0.05, 0) is 108 Å². The van der Waals surface area contributed by atoms with Gasteiger partial charge in [0.15, 0.2) is 0 Å². The minimum Gasteiger partial charge on any atom is -0.313 e. The summed E-state index contributed by atoms with van der Waals surface area (Å²) >= 11 is 0. The van der Waals surface area contributed by atoms with Crippen molar-refractivity contribution in [2.45, 2.75) is 25.7 Å².